The van der Waals surface area contributed by atoms with Gasteiger partial charge in [0.25, 0.3) is 0 Å². The van der Waals surface area contributed by atoms with Gasteiger partial charge in [-0.25, -0.2) is 9.97 Å². The van der Waals surface area contributed by atoms with Crippen molar-refractivity contribution in [1.29, 1.82) is 0 Å². The van der Waals surface area contributed by atoms with Crippen molar-refractivity contribution in [3.8, 4) is 23.2 Å². The smallest absolute Gasteiger partial charge is 0.217 e. The molecule has 230 valence electrons. The van der Waals surface area contributed by atoms with E-state index in [9.17, 15) is 5.11 Å². The maximum Gasteiger partial charge on any atom is 0.217 e. The fraction of sp³-hybridized carbons (Fsp3) is 0.316. The Morgan fingerprint density at radius 3 is 2.25 bits per heavy atom. The summed E-state index contributed by atoms with van der Waals surface area (Å²) < 4.78 is 8.58. The van der Waals surface area contributed by atoms with Crippen LogP contribution in [0.15, 0.2) is 66.9 Å². The Bertz CT molecular complexity index is 2030. The molecule has 6 aromatic rings. The Balaban J connectivity index is 0.00000384. The van der Waals surface area contributed by atoms with Gasteiger partial charge in [-0.1, -0.05) is 85.2 Å². The number of ether oxygens (including phenoxy) is 1. The van der Waals surface area contributed by atoms with Crippen molar-refractivity contribution in [3.05, 3.63) is 95.2 Å². The van der Waals surface area contributed by atoms with Crippen molar-refractivity contribution in [2.75, 3.05) is 0 Å². The molecule has 44 heavy (non-hydrogen) atoms. The van der Waals surface area contributed by atoms with Gasteiger partial charge in [-0.2, -0.15) is 6.07 Å². The third-order valence-corrected chi connectivity index (χ3v) is 8.31. The quantitative estimate of drug-likeness (QED) is 0.182. The van der Waals surface area contributed by atoms with Crippen LogP contribution in [0.25, 0.3) is 38.5 Å². The molecule has 6 rings (SSSR count). The number of hydrogen-bond acceptors (Lipinski definition) is 4. The average Bonchev–Trinajstić information content (AvgIpc) is 3.26. The zero-order valence-corrected chi connectivity index (χ0v) is 29.2. The minimum Gasteiger partial charge on any atom is -0.505 e. The van der Waals surface area contributed by atoms with E-state index in [1.807, 2.05) is 37.4 Å². The van der Waals surface area contributed by atoms with Crippen LogP contribution in [0, 0.1) is 13.0 Å². The number of rotatable bonds is 4. The van der Waals surface area contributed by atoms with Crippen LogP contribution in [-0.4, -0.2) is 19.6 Å². The molecule has 0 saturated carbocycles. The molecule has 0 aliphatic rings. The Morgan fingerprint density at radius 2 is 1.57 bits per heavy atom. The molecule has 3 aromatic heterocycles. The molecular weight excluding hydrogens is 726 g/mol. The second-order valence-electron chi connectivity index (χ2n) is 14.0. The van der Waals surface area contributed by atoms with Gasteiger partial charge in [-0.05, 0) is 63.9 Å². The molecule has 1 N–H and O–H groups in total. The molecule has 0 amide bonds. The van der Waals surface area contributed by atoms with Gasteiger partial charge >= 0.3 is 0 Å². The fourth-order valence-electron chi connectivity index (χ4n) is 6.00. The van der Waals surface area contributed by atoms with E-state index in [2.05, 4.69) is 102 Å². The normalized spacial score (nSPS) is 12.3. The van der Waals surface area contributed by atoms with Gasteiger partial charge in [0.1, 0.15) is 17.1 Å². The number of aromatic nitrogens is 3. The van der Waals surface area contributed by atoms with E-state index in [0.717, 1.165) is 38.8 Å². The van der Waals surface area contributed by atoms with Crippen LogP contribution in [0.1, 0.15) is 83.6 Å². The Morgan fingerprint density at radius 1 is 0.864 bits per heavy atom. The third kappa shape index (κ3) is 5.52. The number of pyridine rings is 2. The van der Waals surface area contributed by atoms with Crippen molar-refractivity contribution in [1.82, 2.24) is 14.5 Å². The molecular formula is C38H40N3O2Pt-. The fourth-order valence-corrected chi connectivity index (χ4v) is 6.00. The second kappa shape index (κ2) is 11.3. The number of phenols is 1. The molecule has 0 saturated heterocycles. The van der Waals surface area contributed by atoms with E-state index < -0.39 is 0 Å². The molecule has 0 radical (unpaired) electrons. The van der Waals surface area contributed by atoms with Crippen molar-refractivity contribution in [2.45, 2.75) is 79.1 Å². The van der Waals surface area contributed by atoms with Gasteiger partial charge in [0.05, 0.1) is 0 Å². The van der Waals surface area contributed by atoms with Crippen molar-refractivity contribution < 1.29 is 30.9 Å². The summed E-state index contributed by atoms with van der Waals surface area (Å²) in [4.78, 5) is 9.59. The largest absolute Gasteiger partial charge is 0.505 e. The summed E-state index contributed by atoms with van der Waals surface area (Å²) in [6.45, 7) is 19.4. The molecule has 6 heteroatoms. The van der Waals surface area contributed by atoms with Crippen LogP contribution >= 0.6 is 0 Å². The zero-order valence-electron chi connectivity index (χ0n) is 26.9. The van der Waals surface area contributed by atoms with Crippen LogP contribution in [0.2, 0.25) is 0 Å². The summed E-state index contributed by atoms with van der Waals surface area (Å²) in [7, 11) is 0. The van der Waals surface area contributed by atoms with E-state index in [4.69, 9.17) is 14.7 Å². The standard InChI is InChI=1S/C38H40N3O2.Pt/c1-22(2)24-17-18-39-32(20-24)41-30-12-10-11-28(37(4,5)6)34(30)27-14-13-25(21-31(27)41)43-33-19-23(3)26-15-16-29(38(7,8)9)36(42)35(26)40-33;/h10-20,22,42H,1-9H3;/q-1;. The number of benzene rings is 3. The zero-order chi connectivity index (χ0) is 30.8. The molecule has 3 heterocycles. The van der Waals surface area contributed by atoms with Crippen molar-refractivity contribution in [2.24, 2.45) is 0 Å². The minimum atomic E-state index is -0.218. The van der Waals surface area contributed by atoms with Crippen LogP contribution in [-0.2, 0) is 31.9 Å². The summed E-state index contributed by atoms with van der Waals surface area (Å²) in [6, 6.07) is 24.3. The van der Waals surface area contributed by atoms with Crippen molar-refractivity contribution >= 4 is 32.7 Å². The van der Waals surface area contributed by atoms with Crippen LogP contribution in [0.4, 0.5) is 0 Å². The molecule has 5 nitrogen and oxygen atoms in total. The minimum absolute atomic E-state index is 0. The number of aryl methyl sites for hydroxylation is 1. The summed E-state index contributed by atoms with van der Waals surface area (Å²) in [6.07, 6.45) is 1.89. The molecule has 0 aliphatic heterocycles. The first-order valence-corrected chi connectivity index (χ1v) is 15.0. The first kappa shape index (κ1) is 31.7. The maximum absolute atomic E-state index is 11.2. The van der Waals surface area contributed by atoms with E-state index in [1.165, 1.54) is 16.5 Å². The molecule has 0 spiro atoms. The summed E-state index contributed by atoms with van der Waals surface area (Å²) >= 11 is 0. The number of phenolic OH excluding ortho intramolecular Hbond substituents is 1. The van der Waals surface area contributed by atoms with E-state index >= 15 is 0 Å². The molecule has 0 fully saturated rings. The van der Waals surface area contributed by atoms with Crippen LogP contribution in [0.3, 0.4) is 0 Å². The number of aromatic hydroxyl groups is 1. The van der Waals surface area contributed by atoms with Gasteiger partial charge in [0, 0.05) is 55.5 Å². The number of nitrogens with zero attached hydrogens (tertiary/aromatic N) is 3. The average molecular weight is 766 g/mol. The summed E-state index contributed by atoms with van der Waals surface area (Å²) in [5, 5.41) is 14.4. The van der Waals surface area contributed by atoms with E-state index in [0.29, 0.717) is 23.1 Å². The molecule has 0 aliphatic carbocycles. The van der Waals surface area contributed by atoms with Gasteiger partial charge in [-0.3, -0.25) is 0 Å². The summed E-state index contributed by atoms with van der Waals surface area (Å²) in [5.74, 6) is 2.39. The molecule has 0 bridgehead atoms. The molecule has 3 aromatic carbocycles. The number of fused-ring (bicyclic) bond motifs is 4. The SMILES string of the molecule is Cc1cc(Oc2[c-]c3c(cc2)c2c(C(C)(C)C)cccc2n3-c2cc(C(C)C)ccn2)nc2c(O)c(C(C)(C)C)ccc12.[Pt]. The predicted molar refractivity (Wildman–Crippen MR) is 177 cm³/mol. The van der Waals surface area contributed by atoms with Gasteiger partial charge in [0.2, 0.25) is 5.88 Å². The van der Waals surface area contributed by atoms with Crippen LogP contribution in [0.5, 0.6) is 17.4 Å². The Hall–Kier alpha value is -3.69. The Kier molecular flexibility index (Phi) is 8.18. The molecule has 0 unspecified atom stereocenters. The number of hydrogen-bond donors (Lipinski definition) is 1. The summed E-state index contributed by atoms with van der Waals surface area (Å²) in [5.41, 5.74) is 6.59. The monoisotopic (exact) mass is 765 g/mol. The first-order chi connectivity index (χ1) is 20.2. The van der Waals surface area contributed by atoms with E-state index in [1.54, 1.807) is 0 Å². The Labute approximate surface area is 274 Å². The maximum atomic E-state index is 11.2. The predicted octanol–water partition coefficient (Wildman–Crippen LogP) is 10.0. The van der Waals surface area contributed by atoms with Crippen LogP contribution < -0.4 is 4.74 Å². The van der Waals surface area contributed by atoms with E-state index in [-0.39, 0.29) is 37.6 Å². The second-order valence-corrected chi connectivity index (χ2v) is 14.0. The van der Waals surface area contributed by atoms with Gasteiger partial charge in [-0.15, -0.1) is 17.5 Å². The first-order valence-electron chi connectivity index (χ1n) is 15.0. The van der Waals surface area contributed by atoms with Gasteiger partial charge in [0.15, 0.2) is 0 Å². The molecule has 0 atom stereocenters. The van der Waals surface area contributed by atoms with Crippen molar-refractivity contribution in [3.63, 3.8) is 0 Å². The third-order valence-electron chi connectivity index (χ3n) is 8.31. The topological polar surface area (TPSA) is 60.2 Å². The van der Waals surface area contributed by atoms with Gasteiger partial charge < -0.3 is 14.4 Å².